The highest BCUT2D eigenvalue weighted by molar-refractivity contribution is 14.1. The highest BCUT2D eigenvalue weighted by Gasteiger charge is 2.34. The molecule has 0 aromatic heterocycles. The first-order chi connectivity index (χ1) is 10.5. The average Bonchev–Trinajstić information content (AvgIpc) is 2.42. The maximum atomic E-state index is 14.2. The lowest BCUT2D eigenvalue weighted by Crippen LogP contribution is -2.31. The second-order valence-electron chi connectivity index (χ2n) is 7.17. The van der Waals surface area contributed by atoms with Crippen LogP contribution in [0.15, 0.2) is 30.5 Å². The van der Waals surface area contributed by atoms with E-state index < -0.39 is 5.41 Å². The van der Waals surface area contributed by atoms with Gasteiger partial charge in [-0.2, -0.15) is 0 Å². The molecule has 1 rings (SSSR count). The molecule has 0 radical (unpaired) electrons. The Labute approximate surface area is 151 Å². The first kappa shape index (κ1) is 19.9. The molecular formula is C19H24FIO2. The number of hydrogen-bond donors (Lipinski definition) is 0. The second kappa shape index (κ2) is 7.63. The van der Waals surface area contributed by atoms with Crippen molar-refractivity contribution in [3.05, 3.63) is 45.5 Å². The number of halogens is 2. The number of carbonyl (C=O) groups is 1. The highest BCUT2D eigenvalue weighted by atomic mass is 127. The van der Waals surface area contributed by atoms with Crippen LogP contribution in [0.25, 0.3) is 0 Å². The number of ketones is 1. The van der Waals surface area contributed by atoms with Gasteiger partial charge < -0.3 is 4.74 Å². The van der Waals surface area contributed by atoms with Gasteiger partial charge in [-0.3, -0.25) is 4.79 Å². The summed E-state index contributed by atoms with van der Waals surface area (Å²) in [4.78, 5) is 12.2. The van der Waals surface area contributed by atoms with Gasteiger partial charge in [0.1, 0.15) is 0 Å². The Balaban J connectivity index is 3.06. The summed E-state index contributed by atoms with van der Waals surface area (Å²) < 4.78 is 20.0. The quantitative estimate of drug-likeness (QED) is 0.332. The van der Waals surface area contributed by atoms with Gasteiger partial charge in [-0.1, -0.05) is 40.3 Å². The molecule has 0 aliphatic carbocycles. The van der Waals surface area contributed by atoms with Crippen molar-refractivity contribution in [3.63, 3.8) is 0 Å². The third-order valence-corrected chi connectivity index (χ3v) is 4.66. The molecule has 1 aromatic rings. The highest BCUT2D eigenvalue weighted by Crippen LogP contribution is 2.39. The van der Waals surface area contributed by atoms with Crippen molar-refractivity contribution in [2.45, 2.75) is 40.5 Å². The predicted molar refractivity (Wildman–Crippen MR) is 100 cm³/mol. The molecule has 2 nitrogen and oxygen atoms in total. The number of allylic oxidation sites excluding steroid dienone is 1. The van der Waals surface area contributed by atoms with Crippen molar-refractivity contribution >= 4 is 28.4 Å². The van der Waals surface area contributed by atoms with Gasteiger partial charge in [-0.15, -0.1) is 5.73 Å². The average molecular weight is 430 g/mol. The lowest BCUT2D eigenvalue weighted by Gasteiger charge is -2.33. The van der Waals surface area contributed by atoms with Crippen LogP contribution < -0.4 is 4.74 Å². The minimum absolute atomic E-state index is 0.00123. The van der Waals surface area contributed by atoms with Crippen LogP contribution in [-0.4, -0.2) is 12.9 Å². The summed E-state index contributed by atoms with van der Waals surface area (Å²) in [6, 6.07) is 3.64. The lowest BCUT2D eigenvalue weighted by molar-refractivity contribution is -0.123. The zero-order valence-electron chi connectivity index (χ0n) is 14.4. The number of rotatable bonds is 7. The van der Waals surface area contributed by atoms with Crippen LogP contribution in [0.3, 0.4) is 0 Å². The summed E-state index contributed by atoms with van der Waals surface area (Å²) in [6.45, 7) is 11.4. The van der Waals surface area contributed by atoms with Crippen molar-refractivity contribution in [2.24, 2.45) is 10.8 Å². The van der Waals surface area contributed by atoms with Crippen LogP contribution in [-0.2, 0) is 11.2 Å². The first-order valence-electron chi connectivity index (χ1n) is 7.45. The number of hydrogen-bond acceptors (Lipinski definition) is 2. The minimum Gasteiger partial charge on any atom is -0.493 e. The molecule has 0 aliphatic heterocycles. The Kier molecular flexibility index (Phi) is 6.60. The molecule has 0 heterocycles. The Morgan fingerprint density at radius 2 is 2.00 bits per heavy atom. The summed E-state index contributed by atoms with van der Waals surface area (Å²) >= 11 is 1.95. The van der Waals surface area contributed by atoms with Crippen LogP contribution >= 0.6 is 22.6 Å². The monoisotopic (exact) mass is 430 g/mol. The fourth-order valence-electron chi connectivity index (χ4n) is 3.08. The SMILES string of the molecule is C=C=CC(=O)C(C)(C)CC(C)(C)Cc1ccc(I)c(F)c1OC. The van der Waals surface area contributed by atoms with E-state index in [9.17, 15) is 9.18 Å². The van der Waals surface area contributed by atoms with E-state index in [-0.39, 0.29) is 17.0 Å². The Hall–Kier alpha value is -1.13. The molecule has 0 aliphatic rings. The van der Waals surface area contributed by atoms with E-state index in [1.165, 1.54) is 13.2 Å². The van der Waals surface area contributed by atoms with Gasteiger partial charge in [0.15, 0.2) is 17.3 Å². The van der Waals surface area contributed by atoms with Crippen molar-refractivity contribution in [1.29, 1.82) is 0 Å². The number of methoxy groups -OCH3 is 1. The summed E-state index contributed by atoms with van der Waals surface area (Å²) in [7, 11) is 1.48. The van der Waals surface area contributed by atoms with Crippen LogP contribution in [0.2, 0.25) is 0 Å². The van der Waals surface area contributed by atoms with Gasteiger partial charge in [0, 0.05) is 11.5 Å². The van der Waals surface area contributed by atoms with E-state index in [4.69, 9.17) is 4.74 Å². The maximum absolute atomic E-state index is 14.2. The molecule has 0 N–H and O–H groups in total. The summed E-state index contributed by atoms with van der Waals surface area (Å²) in [5.41, 5.74) is 2.65. The largest absolute Gasteiger partial charge is 0.493 e. The number of carbonyl (C=O) groups excluding carboxylic acids is 1. The first-order valence-corrected chi connectivity index (χ1v) is 8.53. The molecule has 0 bridgehead atoms. The Morgan fingerprint density at radius 1 is 1.39 bits per heavy atom. The Morgan fingerprint density at radius 3 is 2.52 bits per heavy atom. The molecule has 126 valence electrons. The molecule has 0 atom stereocenters. The standard InChI is InChI=1S/C19H24FIO2/c1-7-8-15(22)19(4,5)12-18(2,3)11-13-9-10-14(21)16(20)17(13)23-6/h8-10H,1,11-12H2,2-6H3. The fraction of sp³-hybridized carbons (Fsp3) is 0.474. The Bertz CT molecular complexity index is 641. The predicted octanol–water partition coefficient (Wildman–Crippen LogP) is 5.33. The molecule has 0 saturated heterocycles. The van der Waals surface area contributed by atoms with Gasteiger partial charge >= 0.3 is 0 Å². The molecule has 1 aromatic carbocycles. The number of ether oxygens (including phenoxy) is 1. The zero-order chi connectivity index (χ0) is 17.8. The van der Waals surface area contributed by atoms with Gasteiger partial charge in [0.25, 0.3) is 0 Å². The molecule has 0 unspecified atom stereocenters. The zero-order valence-corrected chi connectivity index (χ0v) is 16.6. The molecule has 0 fully saturated rings. The molecule has 0 saturated carbocycles. The summed E-state index contributed by atoms with van der Waals surface area (Å²) in [5.74, 6) is -0.0345. The normalized spacial score (nSPS) is 11.8. The smallest absolute Gasteiger partial charge is 0.178 e. The van der Waals surface area contributed by atoms with Gasteiger partial charge in [0.2, 0.25) is 0 Å². The topological polar surface area (TPSA) is 26.3 Å². The van der Waals surface area contributed by atoms with Crippen molar-refractivity contribution < 1.29 is 13.9 Å². The number of benzene rings is 1. The van der Waals surface area contributed by atoms with Crippen molar-refractivity contribution in [2.75, 3.05) is 7.11 Å². The van der Waals surface area contributed by atoms with Crippen molar-refractivity contribution in [3.8, 4) is 5.75 Å². The van der Waals surface area contributed by atoms with Crippen LogP contribution in [0.1, 0.15) is 39.7 Å². The van der Waals surface area contributed by atoms with E-state index >= 15 is 0 Å². The van der Waals surface area contributed by atoms with E-state index in [1.54, 1.807) is 6.07 Å². The molecule has 0 amide bonds. The third kappa shape index (κ3) is 5.18. The van der Waals surface area contributed by atoms with E-state index in [1.807, 2.05) is 42.5 Å². The summed E-state index contributed by atoms with van der Waals surface area (Å²) in [5, 5.41) is 0. The molecule has 23 heavy (non-hydrogen) atoms. The van der Waals surface area contributed by atoms with Gasteiger partial charge in [-0.25, -0.2) is 4.39 Å². The maximum Gasteiger partial charge on any atom is 0.178 e. The molecule has 0 spiro atoms. The fourth-order valence-corrected chi connectivity index (χ4v) is 3.51. The molecular weight excluding hydrogens is 406 g/mol. The van der Waals surface area contributed by atoms with Gasteiger partial charge in [-0.05, 0) is 52.5 Å². The van der Waals surface area contributed by atoms with E-state index in [2.05, 4.69) is 26.2 Å². The van der Waals surface area contributed by atoms with E-state index in [0.29, 0.717) is 22.2 Å². The lowest BCUT2D eigenvalue weighted by atomic mass is 9.70. The molecule has 4 heteroatoms. The third-order valence-electron chi connectivity index (χ3n) is 3.83. The van der Waals surface area contributed by atoms with Gasteiger partial charge in [0.05, 0.1) is 10.7 Å². The van der Waals surface area contributed by atoms with Crippen LogP contribution in [0, 0.1) is 20.2 Å². The minimum atomic E-state index is -0.525. The van der Waals surface area contributed by atoms with Crippen molar-refractivity contribution in [1.82, 2.24) is 0 Å². The van der Waals surface area contributed by atoms with Crippen LogP contribution in [0.4, 0.5) is 4.39 Å². The second-order valence-corrected chi connectivity index (χ2v) is 8.33. The summed E-state index contributed by atoms with van der Waals surface area (Å²) in [6.07, 6.45) is 2.67. The van der Waals surface area contributed by atoms with E-state index in [0.717, 1.165) is 5.56 Å². The van der Waals surface area contributed by atoms with Crippen LogP contribution in [0.5, 0.6) is 5.75 Å².